The van der Waals surface area contributed by atoms with E-state index in [1.165, 1.54) is 0 Å². The van der Waals surface area contributed by atoms with Gasteiger partial charge in [0.2, 0.25) is 0 Å². The summed E-state index contributed by atoms with van der Waals surface area (Å²) in [6, 6.07) is 0. The number of aryl methyl sites for hydroxylation is 2. The first-order chi connectivity index (χ1) is 11.6. The van der Waals surface area contributed by atoms with E-state index in [2.05, 4.69) is 36.1 Å². The fraction of sp³-hybridized carbons (Fsp3) is 0.706. The lowest BCUT2D eigenvalue weighted by atomic mass is 10.2. The predicted octanol–water partition coefficient (Wildman–Crippen LogP) is 2.02. The number of nitrogens with zero attached hydrogens (tertiary/aromatic N) is 5. The highest BCUT2D eigenvalue weighted by atomic mass is 16.5. The van der Waals surface area contributed by atoms with Crippen LogP contribution in [0.5, 0.6) is 0 Å². The first-order valence-corrected chi connectivity index (χ1v) is 8.89. The van der Waals surface area contributed by atoms with E-state index in [0.717, 1.165) is 74.3 Å². The second-order valence-corrected chi connectivity index (χ2v) is 6.56. The maximum absolute atomic E-state index is 5.40. The van der Waals surface area contributed by atoms with Crippen molar-refractivity contribution < 1.29 is 4.74 Å². The number of aromatic nitrogens is 4. The Morgan fingerprint density at radius 1 is 1.21 bits per heavy atom. The number of ether oxygens (including phenoxy) is 1. The van der Waals surface area contributed by atoms with Crippen molar-refractivity contribution in [2.45, 2.75) is 40.2 Å². The highest BCUT2D eigenvalue weighted by molar-refractivity contribution is 5.87. The van der Waals surface area contributed by atoms with Gasteiger partial charge in [-0.1, -0.05) is 13.8 Å². The van der Waals surface area contributed by atoms with Crippen LogP contribution in [0.3, 0.4) is 0 Å². The third-order valence-corrected chi connectivity index (χ3v) is 4.41. The van der Waals surface area contributed by atoms with Crippen LogP contribution in [0.25, 0.3) is 11.0 Å². The predicted molar refractivity (Wildman–Crippen MR) is 95.6 cm³/mol. The Morgan fingerprint density at radius 3 is 2.62 bits per heavy atom. The molecule has 24 heavy (non-hydrogen) atoms. The van der Waals surface area contributed by atoms with Gasteiger partial charge >= 0.3 is 0 Å². The summed E-state index contributed by atoms with van der Waals surface area (Å²) in [7, 11) is 0. The number of rotatable bonds is 6. The van der Waals surface area contributed by atoms with Crippen molar-refractivity contribution in [3.63, 3.8) is 0 Å². The number of fused-ring (bicyclic) bond motifs is 1. The number of hydrogen-bond acceptors (Lipinski definition) is 6. The zero-order valence-corrected chi connectivity index (χ0v) is 15.2. The van der Waals surface area contributed by atoms with Gasteiger partial charge in [-0.15, -0.1) is 0 Å². The normalized spacial score (nSPS) is 16.2. The van der Waals surface area contributed by atoms with Crippen molar-refractivity contribution in [2.24, 2.45) is 0 Å². The third kappa shape index (κ3) is 3.52. The largest absolute Gasteiger partial charge is 0.379 e. The van der Waals surface area contributed by atoms with Gasteiger partial charge in [-0.3, -0.25) is 9.58 Å². The van der Waals surface area contributed by atoms with Gasteiger partial charge in [0.05, 0.1) is 18.9 Å². The Hall–Kier alpha value is -1.73. The standard InChI is InChI=1S/C17H28N6O/c1-5-23-15-14(13(4)21-23)19-16(12(2)3)20-17(15)18-6-7-22-8-10-24-11-9-22/h12H,5-11H2,1-4H3,(H,18,19,20). The summed E-state index contributed by atoms with van der Waals surface area (Å²) in [4.78, 5) is 11.9. The van der Waals surface area contributed by atoms with Gasteiger partial charge < -0.3 is 10.1 Å². The molecule has 0 radical (unpaired) electrons. The Labute approximate surface area is 143 Å². The number of anilines is 1. The molecule has 2 aromatic rings. The Balaban J connectivity index is 1.84. The quantitative estimate of drug-likeness (QED) is 0.873. The summed E-state index contributed by atoms with van der Waals surface area (Å²) in [5.74, 6) is 2.06. The summed E-state index contributed by atoms with van der Waals surface area (Å²) in [6.45, 7) is 14.7. The van der Waals surface area contributed by atoms with Crippen molar-refractivity contribution in [3.05, 3.63) is 11.5 Å². The van der Waals surface area contributed by atoms with Crippen LogP contribution in [0.1, 0.15) is 38.2 Å². The Bertz CT molecular complexity index is 690. The third-order valence-electron chi connectivity index (χ3n) is 4.41. The minimum atomic E-state index is 0.290. The van der Waals surface area contributed by atoms with Crippen LogP contribution in [-0.2, 0) is 11.3 Å². The molecule has 0 amide bonds. The van der Waals surface area contributed by atoms with E-state index in [1.807, 2.05) is 11.6 Å². The van der Waals surface area contributed by atoms with Gasteiger partial charge in [0.1, 0.15) is 16.9 Å². The van der Waals surface area contributed by atoms with Crippen LogP contribution in [0.2, 0.25) is 0 Å². The molecule has 1 N–H and O–H groups in total. The first kappa shape index (κ1) is 17.1. The molecule has 3 heterocycles. The highest BCUT2D eigenvalue weighted by Crippen LogP contribution is 2.25. The van der Waals surface area contributed by atoms with E-state index in [-0.39, 0.29) is 0 Å². The maximum Gasteiger partial charge on any atom is 0.156 e. The zero-order valence-electron chi connectivity index (χ0n) is 15.2. The summed E-state index contributed by atoms with van der Waals surface area (Å²) in [5, 5.41) is 8.14. The molecule has 1 aliphatic heterocycles. The lowest BCUT2D eigenvalue weighted by Gasteiger charge is -2.26. The molecule has 0 aromatic carbocycles. The second kappa shape index (κ2) is 7.44. The second-order valence-electron chi connectivity index (χ2n) is 6.56. The zero-order chi connectivity index (χ0) is 17.1. The van der Waals surface area contributed by atoms with Gasteiger partial charge in [0, 0.05) is 38.6 Å². The number of morpholine rings is 1. The minimum Gasteiger partial charge on any atom is -0.379 e. The number of hydrogen-bond donors (Lipinski definition) is 1. The molecule has 1 saturated heterocycles. The maximum atomic E-state index is 5.40. The fourth-order valence-electron chi connectivity index (χ4n) is 3.01. The molecule has 1 fully saturated rings. The summed E-state index contributed by atoms with van der Waals surface area (Å²) < 4.78 is 7.39. The fourth-order valence-corrected chi connectivity index (χ4v) is 3.01. The molecule has 0 bridgehead atoms. The molecular formula is C17H28N6O. The van der Waals surface area contributed by atoms with Crippen molar-refractivity contribution in [1.29, 1.82) is 0 Å². The molecule has 0 saturated carbocycles. The smallest absolute Gasteiger partial charge is 0.156 e. The van der Waals surface area contributed by atoms with Crippen molar-refractivity contribution in [1.82, 2.24) is 24.6 Å². The Morgan fingerprint density at radius 2 is 1.96 bits per heavy atom. The molecular weight excluding hydrogens is 304 g/mol. The van der Waals surface area contributed by atoms with E-state index in [9.17, 15) is 0 Å². The molecule has 0 spiro atoms. The summed E-state index contributed by atoms with van der Waals surface area (Å²) in [6.07, 6.45) is 0. The van der Waals surface area contributed by atoms with Crippen molar-refractivity contribution >= 4 is 16.9 Å². The SMILES string of the molecule is CCn1nc(C)c2nc(C(C)C)nc(NCCN3CCOCC3)c21. The van der Waals surface area contributed by atoms with Crippen molar-refractivity contribution in [2.75, 3.05) is 44.7 Å². The molecule has 0 atom stereocenters. The van der Waals surface area contributed by atoms with Gasteiger partial charge in [0.25, 0.3) is 0 Å². The average molecular weight is 332 g/mol. The van der Waals surface area contributed by atoms with E-state index in [1.54, 1.807) is 0 Å². The molecule has 1 aliphatic rings. The van der Waals surface area contributed by atoms with E-state index in [4.69, 9.17) is 14.7 Å². The molecule has 132 valence electrons. The van der Waals surface area contributed by atoms with Gasteiger partial charge in [-0.05, 0) is 13.8 Å². The summed E-state index contributed by atoms with van der Waals surface area (Å²) in [5.41, 5.74) is 2.94. The molecule has 7 nitrogen and oxygen atoms in total. The lowest BCUT2D eigenvalue weighted by molar-refractivity contribution is 0.0398. The number of nitrogens with one attached hydrogen (secondary N) is 1. The van der Waals surface area contributed by atoms with E-state index < -0.39 is 0 Å². The minimum absolute atomic E-state index is 0.290. The molecule has 2 aromatic heterocycles. The lowest BCUT2D eigenvalue weighted by Crippen LogP contribution is -2.39. The van der Waals surface area contributed by atoms with Gasteiger partial charge in [-0.2, -0.15) is 5.10 Å². The van der Waals surface area contributed by atoms with Crippen LogP contribution in [-0.4, -0.2) is 64.0 Å². The molecule has 7 heteroatoms. The average Bonchev–Trinajstić information content (AvgIpc) is 2.92. The Kier molecular flexibility index (Phi) is 5.30. The van der Waals surface area contributed by atoms with Gasteiger partial charge in [-0.25, -0.2) is 9.97 Å². The van der Waals surface area contributed by atoms with Crippen LogP contribution >= 0.6 is 0 Å². The van der Waals surface area contributed by atoms with Crippen LogP contribution < -0.4 is 5.32 Å². The topological polar surface area (TPSA) is 68.1 Å². The molecule has 3 rings (SSSR count). The van der Waals surface area contributed by atoms with Crippen LogP contribution in [0, 0.1) is 6.92 Å². The van der Waals surface area contributed by atoms with E-state index >= 15 is 0 Å². The van der Waals surface area contributed by atoms with Crippen LogP contribution in [0.15, 0.2) is 0 Å². The molecule has 0 unspecified atom stereocenters. The van der Waals surface area contributed by atoms with Crippen molar-refractivity contribution in [3.8, 4) is 0 Å². The molecule has 0 aliphatic carbocycles. The van der Waals surface area contributed by atoms with E-state index in [0.29, 0.717) is 5.92 Å². The van der Waals surface area contributed by atoms with Crippen LogP contribution in [0.4, 0.5) is 5.82 Å². The van der Waals surface area contributed by atoms with Gasteiger partial charge in [0.15, 0.2) is 5.82 Å². The first-order valence-electron chi connectivity index (χ1n) is 8.89. The highest BCUT2D eigenvalue weighted by Gasteiger charge is 2.17. The monoisotopic (exact) mass is 332 g/mol. The summed E-state index contributed by atoms with van der Waals surface area (Å²) >= 11 is 0.